The van der Waals surface area contributed by atoms with Crippen LogP contribution in [0.3, 0.4) is 0 Å². The first-order valence-corrected chi connectivity index (χ1v) is 8.76. The van der Waals surface area contributed by atoms with Gasteiger partial charge in [-0.15, -0.1) is 0 Å². The van der Waals surface area contributed by atoms with Crippen LogP contribution in [0.2, 0.25) is 0 Å². The standard InChI is InChI=1S/C16H18N2O3S/c17-13-9-12-5-4-8-18-15(12)16(19,10-13)11-22(20,21)14-6-2-1-3-7-14/h1-8,13,19H,9-11,17H2/t13-,16-/m0/s1. The van der Waals surface area contributed by atoms with Crippen LogP contribution in [0.15, 0.2) is 53.6 Å². The van der Waals surface area contributed by atoms with E-state index in [2.05, 4.69) is 4.98 Å². The second-order valence-electron chi connectivity index (χ2n) is 5.78. The van der Waals surface area contributed by atoms with Crippen molar-refractivity contribution in [1.29, 1.82) is 0 Å². The average Bonchev–Trinajstić information content (AvgIpc) is 2.47. The van der Waals surface area contributed by atoms with E-state index in [9.17, 15) is 13.5 Å². The monoisotopic (exact) mass is 318 g/mol. The SMILES string of the molecule is N[C@H]1Cc2cccnc2[C@@](O)(CS(=O)(=O)c2ccccc2)C1. The molecule has 0 radical (unpaired) electrons. The molecule has 1 aromatic heterocycles. The number of benzene rings is 1. The van der Waals surface area contributed by atoms with Crippen LogP contribution in [0.1, 0.15) is 17.7 Å². The highest BCUT2D eigenvalue weighted by atomic mass is 32.2. The van der Waals surface area contributed by atoms with E-state index in [1.807, 2.05) is 6.07 Å². The Bertz CT molecular complexity index is 777. The molecule has 5 nitrogen and oxygen atoms in total. The lowest BCUT2D eigenvalue weighted by Gasteiger charge is -2.36. The van der Waals surface area contributed by atoms with E-state index in [0.29, 0.717) is 12.1 Å². The van der Waals surface area contributed by atoms with Gasteiger partial charge < -0.3 is 10.8 Å². The van der Waals surface area contributed by atoms with Gasteiger partial charge in [-0.05, 0) is 36.6 Å². The molecule has 1 heterocycles. The Morgan fingerprint density at radius 2 is 1.95 bits per heavy atom. The largest absolute Gasteiger partial charge is 0.382 e. The molecular formula is C16H18N2O3S. The molecule has 0 saturated heterocycles. The summed E-state index contributed by atoms with van der Waals surface area (Å²) >= 11 is 0. The van der Waals surface area contributed by atoms with Crippen molar-refractivity contribution in [1.82, 2.24) is 4.98 Å². The summed E-state index contributed by atoms with van der Waals surface area (Å²) in [5, 5.41) is 11.0. The number of rotatable bonds is 3. The lowest BCUT2D eigenvalue weighted by atomic mass is 9.81. The van der Waals surface area contributed by atoms with E-state index in [1.54, 1.807) is 30.5 Å². The second kappa shape index (κ2) is 5.46. The normalized spacial score (nSPS) is 24.7. The number of hydrogen-bond acceptors (Lipinski definition) is 5. The van der Waals surface area contributed by atoms with Crippen molar-refractivity contribution in [3.05, 3.63) is 59.9 Å². The van der Waals surface area contributed by atoms with Crippen LogP contribution < -0.4 is 5.73 Å². The fourth-order valence-electron chi connectivity index (χ4n) is 3.06. The highest BCUT2D eigenvalue weighted by Gasteiger charge is 2.42. The molecule has 3 rings (SSSR count). The quantitative estimate of drug-likeness (QED) is 0.881. The summed E-state index contributed by atoms with van der Waals surface area (Å²) in [6.45, 7) is 0. The van der Waals surface area contributed by atoms with Gasteiger partial charge in [-0.1, -0.05) is 24.3 Å². The zero-order valence-corrected chi connectivity index (χ0v) is 12.8. The van der Waals surface area contributed by atoms with Crippen molar-refractivity contribution in [3.63, 3.8) is 0 Å². The van der Waals surface area contributed by atoms with E-state index in [4.69, 9.17) is 5.73 Å². The summed E-state index contributed by atoms with van der Waals surface area (Å²) in [5.41, 5.74) is 5.69. The number of nitrogens with zero attached hydrogens (tertiary/aromatic N) is 1. The predicted molar refractivity (Wildman–Crippen MR) is 82.9 cm³/mol. The zero-order chi connectivity index (χ0) is 15.8. The van der Waals surface area contributed by atoms with E-state index in [1.165, 1.54) is 12.1 Å². The van der Waals surface area contributed by atoms with Gasteiger partial charge in [0.1, 0.15) is 5.60 Å². The minimum Gasteiger partial charge on any atom is -0.382 e. The molecule has 3 N–H and O–H groups in total. The summed E-state index contributed by atoms with van der Waals surface area (Å²) in [6.07, 6.45) is 2.34. The van der Waals surface area contributed by atoms with Gasteiger partial charge in [-0.25, -0.2) is 8.42 Å². The Morgan fingerprint density at radius 3 is 2.68 bits per heavy atom. The molecule has 2 aromatic rings. The first-order chi connectivity index (χ1) is 10.4. The minimum absolute atomic E-state index is 0.184. The van der Waals surface area contributed by atoms with E-state index in [-0.39, 0.29) is 17.4 Å². The third-order valence-electron chi connectivity index (χ3n) is 3.95. The van der Waals surface area contributed by atoms with Gasteiger partial charge in [0.25, 0.3) is 0 Å². The Kier molecular flexibility index (Phi) is 3.76. The van der Waals surface area contributed by atoms with Crippen molar-refractivity contribution in [3.8, 4) is 0 Å². The molecular weight excluding hydrogens is 300 g/mol. The summed E-state index contributed by atoms with van der Waals surface area (Å²) in [6, 6.07) is 11.5. The van der Waals surface area contributed by atoms with E-state index in [0.717, 1.165) is 5.56 Å². The van der Waals surface area contributed by atoms with E-state index >= 15 is 0 Å². The van der Waals surface area contributed by atoms with Gasteiger partial charge in [-0.2, -0.15) is 0 Å². The number of hydrogen-bond donors (Lipinski definition) is 2. The molecule has 0 spiro atoms. The fraction of sp³-hybridized carbons (Fsp3) is 0.312. The lowest BCUT2D eigenvalue weighted by Crippen LogP contribution is -2.46. The maximum absolute atomic E-state index is 12.6. The van der Waals surface area contributed by atoms with Crippen LogP contribution >= 0.6 is 0 Å². The maximum Gasteiger partial charge on any atom is 0.181 e. The molecule has 6 heteroatoms. The Hall–Kier alpha value is -1.76. The van der Waals surface area contributed by atoms with Crippen LogP contribution in [0, 0.1) is 0 Å². The molecule has 0 aliphatic heterocycles. The molecule has 2 atom stereocenters. The number of sulfone groups is 1. The van der Waals surface area contributed by atoms with Crippen LogP contribution in [-0.4, -0.2) is 30.3 Å². The summed E-state index contributed by atoms with van der Waals surface area (Å²) < 4.78 is 25.2. The molecule has 22 heavy (non-hydrogen) atoms. The molecule has 0 fully saturated rings. The minimum atomic E-state index is -3.63. The summed E-state index contributed by atoms with van der Waals surface area (Å²) in [7, 11) is -3.63. The third kappa shape index (κ3) is 2.77. The van der Waals surface area contributed by atoms with Crippen LogP contribution in [0.5, 0.6) is 0 Å². The van der Waals surface area contributed by atoms with Crippen molar-refractivity contribution >= 4 is 9.84 Å². The Balaban J connectivity index is 2.01. The summed E-state index contributed by atoms with van der Waals surface area (Å²) in [5.74, 6) is -0.415. The van der Waals surface area contributed by atoms with Gasteiger partial charge >= 0.3 is 0 Å². The highest BCUT2D eigenvalue weighted by molar-refractivity contribution is 7.91. The molecule has 116 valence electrons. The first-order valence-electron chi connectivity index (χ1n) is 7.11. The van der Waals surface area contributed by atoms with Gasteiger partial charge in [0.05, 0.1) is 16.3 Å². The number of fused-ring (bicyclic) bond motifs is 1. The van der Waals surface area contributed by atoms with Crippen LogP contribution in [0.4, 0.5) is 0 Å². The predicted octanol–water partition coefficient (Wildman–Crippen LogP) is 1.02. The lowest BCUT2D eigenvalue weighted by molar-refractivity contribution is 0.0315. The third-order valence-corrected chi connectivity index (χ3v) is 5.79. The van der Waals surface area contributed by atoms with Crippen molar-refractivity contribution in [2.45, 2.75) is 29.4 Å². The number of aliphatic hydroxyl groups is 1. The molecule has 1 aliphatic carbocycles. The van der Waals surface area contributed by atoms with Crippen LogP contribution in [0.25, 0.3) is 0 Å². The maximum atomic E-state index is 12.6. The van der Waals surface area contributed by atoms with Crippen molar-refractivity contribution in [2.24, 2.45) is 5.73 Å². The Morgan fingerprint density at radius 1 is 1.23 bits per heavy atom. The average molecular weight is 318 g/mol. The number of aromatic nitrogens is 1. The molecule has 0 bridgehead atoms. The molecule has 1 aliphatic rings. The van der Waals surface area contributed by atoms with E-state index < -0.39 is 21.2 Å². The highest BCUT2D eigenvalue weighted by Crippen LogP contribution is 2.35. The van der Waals surface area contributed by atoms with Crippen LogP contribution in [-0.2, 0) is 21.9 Å². The molecule has 0 saturated carbocycles. The van der Waals surface area contributed by atoms with Crippen molar-refractivity contribution in [2.75, 3.05) is 5.75 Å². The summed E-state index contributed by atoms with van der Waals surface area (Å²) in [4.78, 5) is 4.41. The zero-order valence-electron chi connectivity index (χ0n) is 12.0. The smallest absolute Gasteiger partial charge is 0.181 e. The van der Waals surface area contributed by atoms with Gasteiger partial charge in [0.2, 0.25) is 0 Å². The van der Waals surface area contributed by atoms with Crippen molar-refractivity contribution < 1.29 is 13.5 Å². The molecule has 1 aromatic carbocycles. The van der Waals surface area contributed by atoms with Gasteiger partial charge in [0.15, 0.2) is 9.84 Å². The Labute approximate surface area is 129 Å². The molecule has 0 unspecified atom stereocenters. The van der Waals surface area contributed by atoms with Gasteiger partial charge in [-0.3, -0.25) is 4.98 Å². The topological polar surface area (TPSA) is 93.3 Å². The number of pyridine rings is 1. The fourth-order valence-corrected chi connectivity index (χ4v) is 4.68. The van der Waals surface area contributed by atoms with Gasteiger partial charge in [0, 0.05) is 12.2 Å². The first kappa shape index (κ1) is 15.1. The molecule has 0 amide bonds. The second-order valence-corrected chi connectivity index (χ2v) is 7.77. The number of nitrogens with two attached hydrogens (primary N) is 1.